The lowest BCUT2D eigenvalue weighted by Crippen LogP contribution is -2.32. The van der Waals surface area contributed by atoms with Gasteiger partial charge in [0, 0.05) is 15.7 Å². The first-order chi connectivity index (χ1) is 16.7. The van der Waals surface area contributed by atoms with E-state index in [2.05, 4.69) is 37.1 Å². The molecule has 0 heterocycles. The van der Waals surface area contributed by atoms with Crippen molar-refractivity contribution < 1.29 is 23.5 Å². The molecule has 0 aliphatic carbocycles. The fraction of sp³-hybridized carbons (Fsp3) is 0.120. The lowest BCUT2D eigenvalue weighted by molar-refractivity contribution is -0.136. The van der Waals surface area contributed by atoms with Crippen LogP contribution in [0.3, 0.4) is 0 Å². The van der Waals surface area contributed by atoms with E-state index in [-0.39, 0.29) is 18.2 Å². The number of amides is 3. The SMILES string of the molecule is Cc1ccc(C)c(NC(=O)COc2ccc(Br)cc2/C=N\NC(=O)C(=O)Nc2ccccc2F)c1. The maximum atomic E-state index is 13.6. The molecule has 0 fully saturated rings. The van der Waals surface area contributed by atoms with Crippen LogP contribution < -0.4 is 20.8 Å². The summed E-state index contributed by atoms with van der Waals surface area (Å²) in [6.07, 6.45) is 1.26. The molecule has 0 unspecified atom stereocenters. The minimum absolute atomic E-state index is 0.126. The van der Waals surface area contributed by atoms with E-state index in [9.17, 15) is 18.8 Å². The molecule has 0 atom stereocenters. The first-order valence-electron chi connectivity index (χ1n) is 10.4. The highest BCUT2D eigenvalue weighted by Gasteiger charge is 2.15. The van der Waals surface area contributed by atoms with E-state index in [1.54, 1.807) is 18.2 Å². The van der Waals surface area contributed by atoms with Gasteiger partial charge in [-0.25, -0.2) is 9.82 Å². The molecule has 35 heavy (non-hydrogen) atoms. The molecule has 3 aromatic carbocycles. The van der Waals surface area contributed by atoms with E-state index >= 15 is 0 Å². The number of nitrogens with zero attached hydrogens (tertiary/aromatic N) is 1. The second-order valence-corrected chi connectivity index (χ2v) is 8.39. The third-order valence-corrected chi connectivity index (χ3v) is 5.19. The van der Waals surface area contributed by atoms with E-state index in [1.807, 2.05) is 32.0 Å². The Morgan fingerprint density at radius 3 is 2.51 bits per heavy atom. The predicted octanol–water partition coefficient (Wildman–Crippen LogP) is 4.31. The van der Waals surface area contributed by atoms with E-state index in [0.29, 0.717) is 21.5 Å². The summed E-state index contributed by atoms with van der Waals surface area (Å²) in [6, 6.07) is 16.2. The Morgan fingerprint density at radius 2 is 1.74 bits per heavy atom. The molecular weight excluding hydrogens is 519 g/mol. The van der Waals surface area contributed by atoms with Crippen LogP contribution in [-0.2, 0) is 14.4 Å². The Bertz CT molecular complexity index is 1300. The van der Waals surface area contributed by atoms with Crippen LogP contribution in [0.1, 0.15) is 16.7 Å². The number of aryl methyl sites for hydroxylation is 2. The van der Waals surface area contributed by atoms with Crippen LogP contribution in [0, 0.1) is 19.7 Å². The summed E-state index contributed by atoms with van der Waals surface area (Å²) in [7, 11) is 0. The Hall–Kier alpha value is -4.05. The minimum atomic E-state index is -1.09. The highest BCUT2D eigenvalue weighted by atomic mass is 79.9. The van der Waals surface area contributed by atoms with Crippen molar-refractivity contribution in [3.05, 3.63) is 87.6 Å². The van der Waals surface area contributed by atoms with E-state index in [1.165, 1.54) is 24.4 Å². The Balaban J connectivity index is 1.60. The van der Waals surface area contributed by atoms with Gasteiger partial charge in [-0.1, -0.05) is 40.2 Å². The third-order valence-electron chi connectivity index (χ3n) is 4.70. The van der Waals surface area contributed by atoms with E-state index < -0.39 is 17.6 Å². The quantitative estimate of drug-likeness (QED) is 0.235. The van der Waals surface area contributed by atoms with Crippen molar-refractivity contribution in [1.29, 1.82) is 0 Å². The van der Waals surface area contributed by atoms with Crippen LogP contribution >= 0.6 is 15.9 Å². The summed E-state index contributed by atoms with van der Waals surface area (Å²) in [6.45, 7) is 3.57. The fourth-order valence-corrected chi connectivity index (χ4v) is 3.28. The summed E-state index contributed by atoms with van der Waals surface area (Å²) in [5, 5.41) is 8.74. The van der Waals surface area contributed by atoms with Crippen molar-refractivity contribution in [2.75, 3.05) is 17.2 Å². The summed E-state index contributed by atoms with van der Waals surface area (Å²) in [4.78, 5) is 36.3. The molecule has 0 saturated heterocycles. The number of ether oxygens (including phenoxy) is 1. The molecule has 0 radical (unpaired) electrons. The molecular formula is C25H22BrFN4O4. The van der Waals surface area contributed by atoms with Gasteiger partial charge in [0.05, 0.1) is 11.9 Å². The van der Waals surface area contributed by atoms with Gasteiger partial charge in [-0.15, -0.1) is 0 Å². The largest absolute Gasteiger partial charge is 0.483 e. The zero-order chi connectivity index (χ0) is 25.4. The molecule has 3 amide bonds. The normalized spacial score (nSPS) is 10.6. The van der Waals surface area contributed by atoms with Crippen molar-refractivity contribution in [3.63, 3.8) is 0 Å². The summed E-state index contributed by atoms with van der Waals surface area (Å²) in [5.74, 6) is -2.86. The lowest BCUT2D eigenvalue weighted by atomic mass is 10.1. The number of nitrogens with one attached hydrogen (secondary N) is 3. The predicted molar refractivity (Wildman–Crippen MR) is 135 cm³/mol. The third kappa shape index (κ3) is 7.47. The van der Waals surface area contributed by atoms with Crippen molar-refractivity contribution in [2.45, 2.75) is 13.8 Å². The molecule has 8 nitrogen and oxygen atoms in total. The number of anilines is 2. The highest BCUT2D eigenvalue weighted by molar-refractivity contribution is 9.10. The van der Waals surface area contributed by atoms with E-state index in [4.69, 9.17) is 4.74 Å². The number of rotatable bonds is 7. The first kappa shape index (κ1) is 25.6. The molecule has 0 saturated carbocycles. The molecule has 0 aromatic heterocycles. The van der Waals surface area contributed by atoms with Gasteiger partial charge in [-0.2, -0.15) is 5.10 Å². The molecule has 3 N–H and O–H groups in total. The van der Waals surface area contributed by atoms with Crippen molar-refractivity contribution >= 4 is 51.2 Å². The smallest absolute Gasteiger partial charge is 0.329 e. The molecule has 0 aliphatic rings. The number of carbonyl (C=O) groups is 3. The summed E-state index contributed by atoms with van der Waals surface area (Å²) >= 11 is 3.34. The van der Waals surface area contributed by atoms with Gasteiger partial charge in [0.25, 0.3) is 5.91 Å². The molecule has 0 bridgehead atoms. The zero-order valence-corrected chi connectivity index (χ0v) is 20.5. The second kappa shape index (κ2) is 11.9. The summed E-state index contributed by atoms with van der Waals surface area (Å²) in [5.41, 5.74) is 5.03. The van der Waals surface area contributed by atoms with Crippen LogP contribution in [0.15, 0.2) is 70.2 Å². The number of hydrogen-bond acceptors (Lipinski definition) is 5. The van der Waals surface area contributed by atoms with Gasteiger partial charge in [-0.3, -0.25) is 14.4 Å². The van der Waals surface area contributed by atoms with Crippen molar-refractivity contribution in [3.8, 4) is 5.75 Å². The topological polar surface area (TPSA) is 109 Å². The average Bonchev–Trinajstić information content (AvgIpc) is 2.82. The standard InChI is InChI=1S/C25H22BrFN4O4/c1-15-7-8-16(2)21(11-15)29-23(32)14-35-22-10-9-18(26)12-17(22)13-28-31-25(34)24(33)30-20-6-4-3-5-19(20)27/h3-13H,14H2,1-2H3,(H,29,32)(H,30,33)(H,31,34)/b28-13-. The molecule has 10 heteroatoms. The maximum absolute atomic E-state index is 13.6. The van der Waals surface area contributed by atoms with Crippen molar-refractivity contribution in [2.24, 2.45) is 5.10 Å². The van der Waals surface area contributed by atoms with Gasteiger partial charge in [0.2, 0.25) is 0 Å². The summed E-state index contributed by atoms with van der Waals surface area (Å²) < 4.78 is 20.0. The van der Waals surface area contributed by atoms with Gasteiger partial charge in [0.1, 0.15) is 11.6 Å². The van der Waals surface area contributed by atoms with Gasteiger partial charge in [0.15, 0.2) is 6.61 Å². The molecule has 3 rings (SSSR count). The average molecular weight is 541 g/mol. The van der Waals surface area contributed by atoms with Gasteiger partial charge < -0.3 is 15.4 Å². The fourth-order valence-electron chi connectivity index (χ4n) is 2.90. The van der Waals surface area contributed by atoms with Crippen LogP contribution in [0.5, 0.6) is 5.75 Å². The number of para-hydroxylation sites is 1. The monoisotopic (exact) mass is 540 g/mol. The molecule has 180 valence electrons. The van der Waals surface area contributed by atoms with Gasteiger partial charge >= 0.3 is 11.8 Å². The van der Waals surface area contributed by atoms with Crippen LogP contribution in [0.25, 0.3) is 0 Å². The van der Waals surface area contributed by atoms with E-state index in [0.717, 1.165) is 17.2 Å². The number of hydrogen-bond donors (Lipinski definition) is 3. The number of halogens is 2. The Morgan fingerprint density at radius 1 is 0.971 bits per heavy atom. The molecule has 3 aromatic rings. The lowest BCUT2D eigenvalue weighted by Gasteiger charge is -2.12. The highest BCUT2D eigenvalue weighted by Crippen LogP contribution is 2.22. The molecule has 0 aliphatic heterocycles. The second-order valence-electron chi connectivity index (χ2n) is 7.47. The van der Waals surface area contributed by atoms with Crippen LogP contribution in [-0.4, -0.2) is 30.5 Å². The Labute approximate surface area is 209 Å². The maximum Gasteiger partial charge on any atom is 0.329 e. The minimum Gasteiger partial charge on any atom is -0.483 e. The first-order valence-corrected chi connectivity index (χ1v) is 11.2. The van der Waals surface area contributed by atoms with Crippen LogP contribution in [0.4, 0.5) is 15.8 Å². The Kier molecular flexibility index (Phi) is 8.69. The number of carbonyl (C=O) groups excluding carboxylic acids is 3. The molecule has 0 spiro atoms. The number of hydrazone groups is 1. The van der Waals surface area contributed by atoms with Gasteiger partial charge in [-0.05, 0) is 61.4 Å². The number of benzene rings is 3. The van der Waals surface area contributed by atoms with Crippen LogP contribution in [0.2, 0.25) is 0 Å². The zero-order valence-electron chi connectivity index (χ0n) is 18.9. The van der Waals surface area contributed by atoms with Crippen molar-refractivity contribution in [1.82, 2.24) is 5.43 Å².